The van der Waals surface area contributed by atoms with Gasteiger partial charge < -0.3 is 35.8 Å². The summed E-state index contributed by atoms with van der Waals surface area (Å²) in [5.74, 6) is -2.35. The molecule has 0 aliphatic carbocycles. The highest BCUT2D eigenvalue weighted by Crippen LogP contribution is 2.18. The van der Waals surface area contributed by atoms with Crippen molar-refractivity contribution in [3.8, 4) is 11.5 Å². The maximum Gasteiger partial charge on any atom is 0.255 e. The molecule has 0 bridgehead atoms. The minimum absolute atomic E-state index is 0.0304. The SMILES string of the molecule is C[C@@H](O)[C@@H]1NC(=O)C[C@@H](C(=O)NCCOc2ccc(F)cc2)NC(=O)c2ccccc2OCCCNC1=O. The Labute approximate surface area is 219 Å². The maximum absolute atomic E-state index is 13.1. The molecule has 204 valence electrons. The fraction of sp³-hybridized carbons (Fsp3) is 0.385. The van der Waals surface area contributed by atoms with Crippen molar-refractivity contribution in [1.82, 2.24) is 21.3 Å². The molecule has 12 heteroatoms. The van der Waals surface area contributed by atoms with E-state index in [1.54, 1.807) is 18.2 Å². The van der Waals surface area contributed by atoms with Crippen molar-refractivity contribution in [2.45, 2.75) is 38.0 Å². The van der Waals surface area contributed by atoms with Crippen LogP contribution in [0.4, 0.5) is 4.39 Å². The maximum atomic E-state index is 13.1. The zero-order valence-corrected chi connectivity index (χ0v) is 20.9. The van der Waals surface area contributed by atoms with Crippen LogP contribution in [0.5, 0.6) is 11.5 Å². The molecule has 1 heterocycles. The molecule has 3 atom stereocenters. The Kier molecular flexibility index (Phi) is 10.4. The summed E-state index contributed by atoms with van der Waals surface area (Å²) in [5.41, 5.74) is 0.172. The summed E-state index contributed by atoms with van der Waals surface area (Å²) in [5, 5.41) is 20.2. The third-order valence-electron chi connectivity index (χ3n) is 5.59. The predicted octanol–water partition coefficient (Wildman–Crippen LogP) is 0.274. The number of aliphatic hydroxyl groups excluding tert-OH is 1. The van der Waals surface area contributed by atoms with Gasteiger partial charge in [-0.1, -0.05) is 12.1 Å². The number of halogens is 1. The van der Waals surface area contributed by atoms with Crippen LogP contribution < -0.4 is 30.7 Å². The fourth-order valence-corrected chi connectivity index (χ4v) is 3.62. The smallest absolute Gasteiger partial charge is 0.255 e. The number of hydrogen-bond acceptors (Lipinski definition) is 7. The highest BCUT2D eigenvalue weighted by molar-refractivity contribution is 6.01. The van der Waals surface area contributed by atoms with E-state index in [0.717, 1.165) is 0 Å². The van der Waals surface area contributed by atoms with E-state index < -0.39 is 54.1 Å². The fourth-order valence-electron chi connectivity index (χ4n) is 3.62. The van der Waals surface area contributed by atoms with Gasteiger partial charge in [-0.05, 0) is 49.7 Å². The average Bonchev–Trinajstić information content (AvgIpc) is 2.89. The first-order valence-corrected chi connectivity index (χ1v) is 12.2. The normalized spacial score (nSPS) is 19.7. The van der Waals surface area contributed by atoms with Crippen molar-refractivity contribution in [2.75, 3.05) is 26.3 Å². The zero-order chi connectivity index (χ0) is 27.5. The van der Waals surface area contributed by atoms with Crippen molar-refractivity contribution in [2.24, 2.45) is 0 Å². The molecule has 0 fully saturated rings. The van der Waals surface area contributed by atoms with Crippen LogP contribution in [-0.2, 0) is 14.4 Å². The van der Waals surface area contributed by atoms with Gasteiger partial charge in [0.1, 0.15) is 36.0 Å². The van der Waals surface area contributed by atoms with E-state index in [1.165, 1.54) is 37.3 Å². The number of fused-ring (bicyclic) bond motifs is 1. The first kappa shape index (κ1) is 28.4. The summed E-state index contributed by atoms with van der Waals surface area (Å²) in [6.45, 7) is 1.84. The molecule has 5 N–H and O–H groups in total. The standard InChI is InChI=1S/C26H31FN4O7/c1-16(32)23-26(36)28-11-4-13-38-21-6-3-2-5-19(21)24(34)30-20(15-22(33)31-23)25(35)29-12-14-37-18-9-7-17(27)8-10-18/h2-3,5-10,16,20,23,32H,4,11-15H2,1H3,(H,28,36)(H,29,35)(H,30,34)(H,31,33)/t16-,20+,23+/m1/s1. The van der Waals surface area contributed by atoms with Crippen LogP contribution in [0, 0.1) is 5.82 Å². The summed E-state index contributed by atoms with van der Waals surface area (Å²) in [6.07, 6.45) is -1.30. The number of rotatable bonds is 6. The lowest BCUT2D eigenvalue weighted by Crippen LogP contribution is -2.55. The van der Waals surface area contributed by atoms with Gasteiger partial charge in [-0.2, -0.15) is 0 Å². The lowest BCUT2D eigenvalue weighted by Gasteiger charge is -2.23. The van der Waals surface area contributed by atoms with Crippen molar-refractivity contribution >= 4 is 23.6 Å². The minimum Gasteiger partial charge on any atom is -0.493 e. The van der Waals surface area contributed by atoms with Crippen molar-refractivity contribution in [3.05, 3.63) is 59.9 Å². The second kappa shape index (κ2) is 13.9. The molecular formula is C26H31FN4O7. The second-order valence-corrected chi connectivity index (χ2v) is 8.60. The molecule has 1 aliphatic rings. The van der Waals surface area contributed by atoms with Gasteiger partial charge in [0.15, 0.2) is 0 Å². The van der Waals surface area contributed by atoms with E-state index in [2.05, 4.69) is 21.3 Å². The minimum atomic E-state index is -1.32. The number of ether oxygens (including phenoxy) is 2. The molecule has 4 amide bonds. The molecule has 0 spiro atoms. The van der Waals surface area contributed by atoms with E-state index in [9.17, 15) is 28.7 Å². The largest absolute Gasteiger partial charge is 0.493 e. The Morgan fingerprint density at radius 2 is 1.89 bits per heavy atom. The Balaban J connectivity index is 1.73. The first-order chi connectivity index (χ1) is 18.2. The lowest BCUT2D eigenvalue weighted by molar-refractivity contribution is -0.133. The molecular weight excluding hydrogens is 499 g/mol. The monoisotopic (exact) mass is 530 g/mol. The van der Waals surface area contributed by atoms with Crippen LogP contribution in [0.3, 0.4) is 0 Å². The summed E-state index contributed by atoms with van der Waals surface area (Å²) in [6, 6.07) is 9.24. The molecule has 3 rings (SSSR count). The van der Waals surface area contributed by atoms with E-state index in [-0.39, 0.29) is 37.6 Å². The zero-order valence-electron chi connectivity index (χ0n) is 20.9. The number of carbonyl (C=O) groups is 4. The van der Waals surface area contributed by atoms with E-state index in [0.29, 0.717) is 12.2 Å². The van der Waals surface area contributed by atoms with E-state index >= 15 is 0 Å². The number of carbonyl (C=O) groups excluding carboxylic acids is 4. The first-order valence-electron chi connectivity index (χ1n) is 12.2. The number of amides is 4. The molecule has 0 saturated heterocycles. The van der Waals surface area contributed by atoms with Crippen molar-refractivity contribution in [3.63, 3.8) is 0 Å². The van der Waals surface area contributed by atoms with Crippen LogP contribution >= 0.6 is 0 Å². The number of para-hydroxylation sites is 1. The van der Waals surface area contributed by atoms with Crippen LogP contribution in [0.25, 0.3) is 0 Å². The van der Waals surface area contributed by atoms with Gasteiger partial charge in [-0.25, -0.2) is 4.39 Å². The molecule has 0 radical (unpaired) electrons. The highest BCUT2D eigenvalue weighted by Gasteiger charge is 2.30. The van der Waals surface area contributed by atoms with Crippen molar-refractivity contribution in [1.29, 1.82) is 0 Å². The molecule has 1 aliphatic heterocycles. The quantitative estimate of drug-likeness (QED) is 0.336. The van der Waals surface area contributed by atoms with Gasteiger partial charge in [0.25, 0.3) is 5.91 Å². The number of hydrogen-bond donors (Lipinski definition) is 5. The summed E-state index contributed by atoms with van der Waals surface area (Å²) in [4.78, 5) is 51.3. The van der Waals surface area contributed by atoms with Crippen LogP contribution in [0.15, 0.2) is 48.5 Å². The van der Waals surface area contributed by atoms with Gasteiger partial charge >= 0.3 is 0 Å². The lowest BCUT2D eigenvalue weighted by atomic mass is 10.1. The highest BCUT2D eigenvalue weighted by atomic mass is 19.1. The molecule has 0 aromatic heterocycles. The van der Waals surface area contributed by atoms with E-state index in [4.69, 9.17) is 9.47 Å². The van der Waals surface area contributed by atoms with Crippen LogP contribution in [0.1, 0.15) is 30.1 Å². The predicted molar refractivity (Wildman–Crippen MR) is 134 cm³/mol. The topological polar surface area (TPSA) is 155 Å². The van der Waals surface area contributed by atoms with Crippen LogP contribution in [-0.4, -0.2) is 73.2 Å². The van der Waals surface area contributed by atoms with Gasteiger partial charge in [-0.15, -0.1) is 0 Å². The number of aliphatic hydroxyl groups is 1. The van der Waals surface area contributed by atoms with E-state index in [1.807, 2.05) is 0 Å². The third-order valence-corrected chi connectivity index (χ3v) is 5.59. The Morgan fingerprint density at radius 1 is 1.16 bits per heavy atom. The summed E-state index contributed by atoms with van der Waals surface area (Å²) in [7, 11) is 0. The van der Waals surface area contributed by atoms with Gasteiger partial charge in [0.2, 0.25) is 17.7 Å². The molecule has 38 heavy (non-hydrogen) atoms. The number of benzene rings is 2. The molecule has 0 saturated carbocycles. The Bertz CT molecular complexity index is 1130. The Hall–Kier alpha value is -4.19. The third kappa shape index (κ3) is 8.44. The molecule has 11 nitrogen and oxygen atoms in total. The second-order valence-electron chi connectivity index (χ2n) is 8.60. The van der Waals surface area contributed by atoms with Gasteiger partial charge in [0.05, 0.1) is 31.2 Å². The number of nitrogens with one attached hydrogen (secondary N) is 4. The molecule has 2 aromatic rings. The Morgan fingerprint density at radius 3 is 2.63 bits per heavy atom. The molecule has 0 unspecified atom stereocenters. The molecule has 2 aromatic carbocycles. The summed E-state index contributed by atoms with van der Waals surface area (Å²) >= 11 is 0. The van der Waals surface area contributed by atoms with Crippen molar-refractivity contribution < 1.29 is 38.1 Å². The van der Waals surface area contributed by atoms with Crippen LogP contribution in [0.2, 0.25) is 0 Å². The van der Waals surface area contributed by atoms with Gasteiger partial charge in [-0.3, -0.25) is 19.2 Å². The van der Waals surface area contributed by atoms with Gasteiger partial charge in [0, 0.05) is 6.54 Å². The summed E-state index contributed by atoms with van der Waals surface area (Å²) < 4.78 is 24.2. The average molecular weight is 531 g/mol.